The van der Waals surface area contributed by atoms with Crippen molar-refractivity contribution in [1.29, 1.82) is 0 Å². The van der Waals surface area contributed by atoms with Crippen LogP contribution in [0.4, 0.5) is 5.82 Å². The molecule has 98 valence electrons. The molecule has 1 N–H and O–H groups in total. The first kappa shape index (κ1) is 13.1. The van der Waals surface area contributed by atoms with Gasteiger partial charge in [-0.2, -0.15) is 0 Å². The zero-order chi connectivity index (χ0) is 13.3. The molecule has 0 bridgehead atoms. The first-order valence-corrected chi connectivity index (χ1v) is 6.21. The van der Waals surface area contributed by atoms with Gasteiger partial charge in [0.15, 0.2) is 0 Å². The number of rotatable bonds is 2. The second-order valence-electron chi connectivity index (χ2n) is 4.64. The summed E-state index contributed by atoms with van der Waals surface area (Å²) in [7, 11) is 2.08. The number of carbonyl (C=O) groups is 1. The Bertz CT molecular complexity index is 467. The molecule has 1 atom stereocenters. The highest BCUT2D eigenvalue weighted by atomic mass is 35.5. The van der Waals surface area contributed by atoms with E-state index in [0.29, 0.717) is 16.9 Å². The zero-order valence-corrected chi connectivity index (χ0v) is 11.2. The molecule has 2 heterocycles. The smallest absolute Gasteiger partial charge is 0.337 e. The highest BCUT2D eigenvalue weighted by Crippen LogP contribution is 2.27. The highest BCUT2D eigenvalue weighted by molar-refractivity contribution is 6.33. The Morgan fingerprint density at radius 3 is 2.83 bits per heavy atom. The lowest BCUT2D eigenvalue weighted by Gasteiger charge is -2.39. The van der Waals surface area contributed by atoms with Crippen molar-refractivity contribution in [2.75, 3.05) is 31.6 Å². The molecule has 1 aliphatic heterocycles. The minimum absolute atomic E-state index is 0.116. The summed E-state index contributed by atoms with van der Waals surface area (Å²) < 4.78 is 0. The number of carboxylic acid groups (broad SMARTS) is 1. The SMILES string of the molecule is CC1CN(C)CCN1c1ncc(C(=O)O)cc1Cl. The largest absolute Gasteiger partial charge is 0.478 e. The predicted molar refractivity (Wildman–Crippen MR) is 70.5 cm³/mol. The average Bonchev–Trinajstić information content (AvgIpc) is 2.30. The van der Waals surface area contributed by atoms with Gasteiger partial charge in [0, 0.05) is 31.9 Å². The van der Waals surface area contributed by atoms with Crippen LogP contribution in [0.1, 0.15) is 17.3 Å². The fourth-order valence-electron chi connectivity index (χ4n) is 2.21. The van der Waals surface area contributed by atoms with E-state index in [-0.39, 0.29) is 5.56 Å². The normalized spacial score (nSPS) is 21.1. The third-order valence-corrected chi connectivity index (χ3v) is 3.45. The van der Waals surface area contributed by atoms with Gasteiger partial charge in [0.2, 0.25) is 0 Å². The number of aromatic nitrogens is 1. The lowest BCUT2D eigenvalue weighted by atomic mass is 10.2. The molecule has 0 aromatic carbocycles. The predicted octanol–water partition coefficient (Wildman–Crippen LogP) is 1.57. The Morgan fingerprint density at radius 2 is 2.28 bits per heavy atom. The fraction of sp³-hybridized carbons (Fsp3) is 0.500. The van der Waals surface area contributed by atoms with Crippen molar-refractivity contribution < 1.29 is 9.90 Å². The van der Waals surface area contributed by atoms with Gasteiger partial charge in [0.25, 0.3) is 0 Å². The molecule has 0 spiro atoms. The maximum atomic E-state index is 10.8. The molecule has 18 heavy (non-hydrogen) atoms. The van der Waals surface area contributed by atoms with Gasteiger partial charge < -0.3 is 14.9 Å². The second kappa shape index (κ2) is 5.12. The van der Waals surface area contributed by atoms with Gasteiger partial charge in [-0.15, -0.1) is 0 Å². The minimum atomic E-state index is -1.01. The fourth-order valence-corrected chi connectivity index (χ4v) is 2.49. The van der Waals surface area contributed by atoms with Gasteiger partial charge in [0.05, 0.1) is 10.6 Å². The molecular formula is C12H16ClN3O2. The summed E-state index contributed by atoms with van der Waals surface area (Å²) in [6, 6.07) is 1.77. The van der Waals surface area contributed by atoms with Gasteiger partial charge in [-0.05, 0) is 20.0 Å². The van der Waals surface area contributed by atoms with Crippen molar-refractivity contribution in [3.63, 3.8) is 0 Å². The van der Waals surface area contributed by atoms with E-state index in [4.69, 9.17) is 16.7 Å². The molecule has 5 nitrogen and oxygen atoms in total. The molecule has 0 radical (unpaired) electrons. The molecule has 6 heteroatoms. The average molecular weight is 270 g/mol. The van der Waals surface area contributed by atoms with E-state index in [1.807, 2.05) is 0 Å². The Balaban J connectivity index is 2.26. The number of nitrogens with zero attached hydrogens (tertiary/aromatic N) is 3. The number of pyridine rings is 1. The molecule has 2 rings (SSSR count). The van der Waals surface area contributed by atoms with Crippen LogP contribution in [0, 0.1) is 0 Å². The highest BCUT2D eigenvalue weighted by Gasteiger charge is 2.24. The second-order valence-corrected chi connectivity index (χ2v) is 5.05. The van der Waals surface area contributed by atoms with E-state index in [2.05, 4.69) is 28.8 Å². The van der Waals surface area contributed by atoms with Crippen LogP contribution in [0.25, 0.3) is 0 Å². The number of likely N-dealkylation sites (N-methyl/N-ethyl adjacent to an activating group) is 1. The van der Waals surface area contributed by atoms with E-state index in [0.717, 1.165) is 19.6 Å². The molecule has 1 fully saturated rings. The molecule has 0 saturated carbocycles. The summed E-state index contributed by atoms with van der Waals surface area (Å²) in [5.41, 5.74) is 0.116. The number of hydrogen-bond donors (Lipinski definition) is 1. The Kier molecular flexibility index (Phi) is 3.73. The number of halogens is 1. The van der Waals surface area contributed by atoms with Crippen LogP contribution in [0.15, 0.2) is 12.3 Å². The Hall–Kier alpha value is -1.33. The molecule has 0 aliphatic carbocycles. The van der Waals surface area contributed by atoms with Crippen molar-refractivity contribution in [1.82, 2.24) is 9.88 Å². The Labute approximate surface area is 111 Å². The maximum absolute atomic E-state index is 10.8. The van der Waals surface area contributed by atoms with Crippen molar-refractivity contribution in [3.8, 4) is 0 Å². The first-order valence-electron chi connectivity index (χ1n) is 5.83. The number of piperazine rings is 1. The minimum Gasteiger partial charge on any atom is -0.478 e. The Morgan fingerprint density at radius 1 is 1.56 bits per heavy atom. The summed E-state index contributed by atoms with van der Waals surface area (Å²) in [6.07, 6.45) is 1.36. The van der Waals surface area contributed by atoms with Crippen molar-refractivity contribution in [2.45, 2.75) is 13.0 Å². The molecule has 1 saturated heterocycles. The third kappa shape index (κ3) is 2.57. The van der Waals surface area contributed by atoms with Crippen LogP contribution >= 0.6 is 11.6 Å². The maximum Gasteiger partial charge on any atom is 0.337 e. The van der Waals surface area contributed by atoms with E-state index in [1.54, 1.807) is 0 Å². The summed E-state index contributed by atoms with van der Waals surface area (Å²) in [5.74, 6) is -0.343. The van der Waals surface area contributed by atoms with Crippen LogP contribution < -0.4 is 4.90 Å². The van der Waals surface area contributed by atoms with Gasteiger partial charge in [0.1, 0.15) is 5.82 Å². The molecular weight excluding hydrogens is 254 g/mol. The van der Waals surface area contributed by atoms with Crippen LogP contribution in [0.3, 0.4) is 0 Å². The van der Waals surface area contributed by atoms with E-state index in [1.165, 1.54) is 12.3 Å². The van der Waals surface area contributed by atoms with E-state index < -0.39 is 5.97 Å². The van der Waals surface area contributed by atoms with Crippen LogP contribution in [0.2, 0.25) is 5.02 Å². The first-order chi connectivity index (χ1) is 8.49. The van der Waals surface area contributed by atoms with E-state index in [9.17, 15) is 4.79 Å². The zero-order valence-electron chi connectivity index (χ0n) is 10.4. The van der Waals surface area contributed by atoms with Gasteiger partial charge >= 0.3 is 5.97 Å². The molecule has 1 unspecified atom stereocenters. The lowest BCUT2D eigenvalue weighted by molar-refractivity contribution is 0.0696. The van der Waals surface area contributed by atoms with Gasteiger partial charge in [-0.1, -0.05) is 11.6 Å². The molecule has 0 amide bonds. The van der Waals surface area contributed by atoms with Gasteiger partial charge in [-0.25, -0.2) is 9.78 Å². The topological polar surface area (TPSA) is 56.7 Å². The van der Waals surface area contributed by atoms with Gasteiger partial charge in [-0.3, -0.25) is 0 Å². The van der Waals surface area contributed by atoms with Crippen molar-refractivity contribution >= 4 is 23.4 Å². The standard InChI is InChI=1S/C12H16ClN3O2/c1-8-7-15(2)3-4-16(8)11-10(13)5-9(6-14-11)12(17)18/h5-6,8H,3-4,7H2,1-2H3,(H,17,18). The summed E-state index contributed by atoms with van der Waals surface area (Å²) in [6.45, 7) is 4.84. The summed E-state index contributed by atoms with van der Waals surface area (Å²) >= 11 is 6.13. The summed E-state index contributed by atoms with van der Waals surface area (Å²) in [4.78, 5) is 19.4. The number of carboxylic acids is 1. The summed E-state index contributed by atoms with van der Waals surface area (Å²) in [5, 5.41) is 9.27. The number of hydrogen-bond acceptors (Lipinski definition) is 4. The third-order valence-electron chi connectivity index (χ3n) is 3.17. The monoisotopic (exact) mass is 269 g/mol. The van der Waals surface area contributed by atoms with Crippen LogP contribution in [0.5, 0.6) is 0 Å². The molecule has 1 aromatic rings. The van der Waals surface area contributed by atoms with Crippen LogP contribution in [-0.4, -0.2) is 53.7 Å². The van der Waals surface area contributed by atoms with Crippen molar-refractivity contribution in [3.05, 3.63) is 22.8 Å². The van der Waals surface area contributed by atoms with Crippen molar-refractivity contribution in [2.24, 2.45) is 0 Å². The quantitative estimate of drug-likeness (QED) is 0.883. The van der Waals surface area contributed by atoms with E-state index >= 15 is 0 Å². The lowest BCUT2D eigenvalue weighted by Crippen LogP contribution is -2.50. The molecule has 1 aliphatic rings. The van der Waals surface area contributed by atoms with Crippen LogP contribution in [-0.2, 0) is 0 Å². The number of aromatic carboxylic acids is 1. The number of anilines is 1. The molecule has 1 aromatic heterocycles.